The van der Waals surface area contributed by atoms with Gasteiger partial charge in [0.05, 0.1) is 0 Å². The Bertz CT molecular complexity index is 539. The van der Waals surface area contributed by atoms with Gasteiger partial charge in [0, 0.05) is 12.2 Å². The van der Waals surface area contributed by atoms with Crippen molar-refractivity contribution in [2.24, 2.45) is 0 Å². The van der Waals surface area contributed by atoms with Crippen LogP contribution in [0.1, 0.15) is 24.4 Å². The van der Waals surface area contributed by atoms with Gasteiger partial charge >= 0.3 is 0 Å². The van der Waals surface area contributed by atoms with Crippen molar-refractivity contribution >= 4 is 11.8 Å². The van der Waals surface area contributed by atoms with E-state index in [1.165, 1.54) is 17.3 Å². The van der Waals surface area contributed by atoms with Crippen molar-refractivity contribution in [2.45, 2.75) is 24.6 Å². The van der Waals surface area contributed by atoms with Gasteiger partial charge in [0.25, 0.3) is 11.1 Å². The van der Waals surface area contributed by atoms with E-state index in [4.69, 9.17) is 4.42 Å². The Morgan fingerprint density at radius 3 is 2.79 bits per heavy atom. The summed E-state index contributed by atoms with van der Waals surface area (Å²) in [6.07, 6.45) is 0.799. The number of thioether (sulfide) groups is 1. The molecule has 1 aromatic heterocycles. The first-order valence-electron chi connectivity index (χ1n) is 6.12. The summed E-state index contributed by atoms with van der Waals surface area (Å²) >= 11 is 1.51. The van der Waals surface area contributed by atoms with E-state index in [0.717, 1.165) is 17.7 Å². The molecule has 0 spiro atoms. The summed E-state index contributed by atoms with van der Waals surface area (Å²) < 4.78 is 5.61. The molecule has 4 nitrogen and oxygen atoms in total. The van der Waals surface area contributed by atoms with Gasteiger partial charge in [-0.3, -0.25) is 0 Å². The van der Waals surface area contributed by atoms with Crippen LogP contribution < -0.4 is 5.73 Å². The molecule has 19 heavy (non-hydrogen) atoms. The Kier molecular flexibility index (Phi) is 4.76. The summed E-state index contributed by atoms with van der Waals surface area (Å²) in [6, 6.07) is 10.2. The van der Waals surface area contributed by atoms with E-state index in [1.807, 2.05) is 25.1 Å². The van der Waals surface area contributed by atoms with Gasteiger partial charge in [0.2, 0.25) is 0 Å². The van der Waals surface area contributed by atoms with Gasteiger partial charge < -0.3 is 10.2 Å². The van der Waals surface area contributed by atoms with Crippen molar-refractivity contribution in [3.8, 4) is 0 Å². The molecule has 1 heterocycles. The molecule has 0 bridgehead atoms. The van der Waals surface area contributed by atoms with Crippen molar-refractivity contribution in [1.82, 2.24) is 10.2 Å². The van der Waals surface area contributed by atoms with Crippen molar-refractivity contribution in [3.63, 3.8) is 0 Å². The van der Waals surface area contributed by atoms with Gasteiger partial charge in [-0.25, -0.2) is 0 Å². The fourth-order valence-corrected chi connectivity index (χ4v) is 2.23. The van der Waals surface area contributed by atoms with Crippen LogP contribution >= 0.6 is 11.8 Å². The number of nitrogens with zero attached hydrogens (tertiary/aromatic N) is 2. The quantitative estimate of drug-likeness (QED) is 0.649. The van der Waals surface area contributed by atoms with Crippen molar-refractivity contribution < 1.29 is 10.2 Å². The molecule has 0 amide bonds. The fourth-order valence-electron chi connectivity index (χ4n) is 1.61. The lowest BCUT2D eigenvalue weighted by molar-refractivity contribution is -0.431. The molecule has 0 aliphatic heterocycles. The van der Waals surface area contributed by atoms with Gasteiger partial charge in [-0.15, -0.1) is 10.2 Å². The minimum Gasteiger partial charge on any atom is -0.410 e. The minimum absolute atomic E-state index is 0.0194. The van der Waals surface area contributed by atoms with Crippen LogP contribution in [0, 0.1) is 0 Å². The van der Waals surface area contributed by atoms with Crippen LogP contribution in [0.4, 0.5) is 0 Å². The van der Waals surface area contributed by atoms with E-state index >= 15 is 0 Å². The highest BCUT2D eigenvalue weighted by Gasteiger charge is 2.18. The van der Waals surface area contributed by atoms with E-state index in [2.05, 4.69) is 34.6 Å². The van der Waals surface area contributed by atoms with E-state index in [9.17, 15) is 0 Å². The monoisotopic (exact) mass is 276 g/mol. The highest BCUT2D eigenvalue weighted by Crippen LogP contribution is 2.21. The zero-order valence-corrected chi connectivity index (χ0v) is 11.8. The zero-order valence-electron chi connectivity index (χ0n) is 11.0. The lowest BCUT2D eigenvalue weighted by atomic mass is 10.1. The summed E-state index contributed by atoms with van der Waals surface area (Å²) in [5.41, 5.74) is 6.39. The third-order valence-corrected chi connectivity index (χ3v) is 3.59. The largest absolute Gasteiger partial charge is 0.410 e. The van der Waals surface area contributed by atoms with Gasteiger partial charge in [0.1, 0.15) is 0 Å². The van der Waals surface area contributed by atoms with E-state index in [0.29, 0.717) is 11.1 Å². The smallest absolute Gasteiger partial charge is 0.277 e. The molecule has 0 saturated heterocycles. The first kappa shape index (κ1) is 13.8. The number of hydrogen-bond donors (Lipinski definition) is 1. The normalized spacial score (nSPS) is 12.3. The zero-order chi connectivity index (χ0) is 13.7. The summed E-state index contributed by atoms with van der Waals surface area (Å²) in [5.74, 6) is 1.38. The van der Waals surface area contributed by atoms with Gasteiger partial charge in [-0.05, 0) is 12.5 Å². The molecular weight excluding hydrogens is 258 g/mol. The van der Waals surface area contributed by atoms with E-state index in [1.54, 1.807) is 0 Å². The standard InChI is InChI=1S/C14H17N3OS/c1-10(2)9-19-14-17-16-13(18-14)12(15)8-11-6-4-3-5-7-11/h3-7,12H,1,8-9,15H2,2H3/p+1/t12-/m0/s1. The lowest BCUT2D eigenvalue weighted by Crippen LogP contribution is -2.54. The van der Waals surface area contributed by atoms with Crippen LogP contribution in [0.25, 0.3) is 0 Å². The molecule has 2 rings (SSSR count). The molecular formula is C14H18N3OS+. The SMILES string of the molecule is C=C(C)CSc1nnc([C@@H]([NH3+])Cc2ccccc2)o1. The first-order chi connectivity index (χ1) is 9.15. The molecule has 1 atom stereocenters. The number of benzene rings is 1. The van der Waals surface area contributed by atoms with Crippen molar-refractivity contribution in [3.05, 3.63) is 53.9 Å². The molecule has 100 valence electrons. The summed E-state index contributed by atoms with van der Waals surface area (Å²) in [5, 5.41) is 8.66. The molecule has 0 radical (unpaired) electrons. The Hall–Kier alpha value is -1.59. The summed E-state index contributed by atoms with van der Waals surface area (Å²) in [7, 11) is 0. The minimum atomic E-state index is -0.0194. The second-order valence-electron chi connectivity index (χ2n) is 4.54. The van der Waals surface area contributed by atoms with Crippen LogP contribution in [0.2, 0.25) is 0 Å². The van der Waals surface area contributed by atoms with Crippen LogP contribution in [0.5, 0.6) is 0 Å². The van der Waals surface area contributed by atoms with Crippen LogP contribution in [-0.4, -0.2) is 16.0 Å². The maximum absolute atomic E-state index is 5.61. The number of hydrogen-bond acceptors (Lipinski definition) is 4. The third-order valence-electron chi connectivity index (χ3n) is 2.54. The van der Waals surface area contributed by atoms with Crippen molar-refractivity contribution in [1.29, 1.82) is 0 Å². The second kappa shape index (κ2) is 6.54. The predicted molar refractivity (Wildman–Crippen MR) is 75.6 cm³/mol. The second-order valence-corrected chi connectivity index (χ2v) is 5.47. The summed E-state index contributed by atoms with van der Waals surface area (Å²) in [6.45, 7) is 5.82. The maximum Gasteiger partial charge on any atom is 0.277 e. The first-order valence-corrected chi connectivity index (χ1v) is 7.11. The Morgan fingerprint density at radius 1 is 1.37 bits per heavy atom. The molecule has 0 saturated carbocycles. The average molecular weight is 276 g/mol. The number of rotatable bonds is 6. The van der Waals surface area contributed by atoms with E-state index in [-0.39, 0.29) is 6.04 Å². The number of aromatic nitrogens is 2. The topological polar surface area (TPSA) is 66.6 Å². The molecule has 2 aromatic rings. The lowest BCUT2D eigenvalue weighted by Gasteiger charge is -2.03. The highest BCUT2D eigenvalue weighted by molar-refractivity contribution is 7.99. The molecule has 0 aliphatic carbocycles. The fraction of sp³-hybridized carbons (Fsp3) is 0.286. The molecule has 0 fully saturated rings. The predicted octanol–water partition coefficient (Wildman–Crippen LogP) is 2.26. The Labute approximate surface area is 117 Å². The van der Waals surface area contributed by atoms with Gasteiger partial charge in [-0.1, -0.05) is 54.2 Å². The van der Waals surface area contributed by atoms with E-state index < -0.39 is 0 Å². The number of quaternary nitrogens is 1. The van der Waals surface area contributed by atoms with Gasteiger partial charge in [0.15, 0.2) is 6.04 Å². The summed E-state index contributed by atoms with van der Waals surface area (Å²) in [4.78, 5) is 0. The molecule has 0 aliphatic rings. The molecule has 1 aromatic carbocycles. The van der Waals surface area contributed by atoms with Crippen LogP contribution in [0.15, 0.2) is 52.1 Å². The Morgan fingerprint density at radius 2 is 2.11 bits per heavy atom. The highest BCUT2D eigenvalue weighted by atomic mass is 32.2. The van der Waals surface area contributed by atoms with Crippen LogP contribution in [-0.2, 0) is 6.42 Å². The molecule has 5 heteroatoms. The Balaban J connectivity index is 1.96. The van der Waals surface area contributed by atoms with Crippen molar-refractivity contribution in [2.75, 3.05) is 5.75 Å². The molecule has 0 unspecified atom stereocenters. The molecule has 3 N–H and O–H groups in total. The maximum atomic E-state index is 5.61. The third kappa shape index (κ3) is 4.22. The van der Waals surface area contributed by atoms with Gasteiger partial charge in [-0.2, -0.15) is 0 Å². The average Bonchev–Trinajstić information content (AvgIpc) is 2.86. The van der Waals surface area contributed by atoms with Crippen LogP contribution in [0.3, 0.4) is 0 Å².